The van der Waals surface area contributed by atoms with Crippen LogP contribution < -0.4 is 10.1 Å². The molecule has 2 rings (SSSR count). The summed E-state index contributed by atoms with van der Waals surface area (Å²) in [4.78, 5) is 15.6. The van der Waals surface area contributed by atoms with Crippen LogP contribution in [-0.2, 0) is 11.3 Å². The topological polar surface area (TPSA) is 44.8 Å². The molecule has 23 heavy (non-hydrogen) atoms. The number of hydrogen-bond acceptors (Lipinski definition) is 4. The molecular formula is C15H20F3N3O2. The number of benzene rings is 1. The van der Waals surface area contributed by atoms with Gasteiger partial charge in [0.25, 0.3) is 0 Å². The third-order valence-electron chi connectivity index (χ3n) is 3.51. The maximum atomic E-state index is 12.4. The van der Waals surface area contributed by atoms with Crippen LogP contribution in [0.3, 0.4) is 0 Å². The zero-order chi connectivity index (χ0) is 16.9. The molecule has 0 aromatic heterocycles. The number of alkyl halides is 3. The maximum absolute atomic E-state index is 12.4. The Bertz CT molecular complexity index is 531. The van der Waals surface area contributed by atoms with E-state index < -0.39 is 6.36 Å². The number of hydrogen-bond donors (Lipinski definition) is 1. The number of nitrogens with zero attached hydrogens (tertiary/aromatic N) is 2. The number of carbonyl (C=O) groups excluding carboxylic acids is 1. The third-order valence-corrected chi connectivity index (χ3v) is 3.51. The number of para-hydroxylation sites is 1. The van der Waals surface area contributed by atoms with Gasteiger partial charge in [0.05, 0.1) is 6.54 Å². The summed E-state index contributed by atoms with van der Waals surface area (Å²) in [6, 6.07) is 5.96. The second-order valence-corrected chi connectivity index (χ2v) is 5.46. The summed E-state index contributed by atoms with van der Waals surface area (Å²) in [5.41, 5.74) is 0.389. The Morgan fingerprint density at radius 3 is 2.61 bits per heavy atom. The van der Waals surface area contributed by atoms with Gasteiger partial charge in [-0.05, 0) is 13.1 Å². The highest BCUT2D eigenvalue weighted by atomic mass is 19.4. The molecule has 1 fully saturated rings. The van der Waals surface area contributed by atoms with Gasteiger partial charge in [-0.2, -0.15) is 0 Å². The van der Waals surface area contributed by atoms with Gasteiger partial charge in [-0.1, -0.05) is 18.2 Å². The van der Waals surface area contributed by atoms with Crippen LogP contribution in [0.4, 0.5) is 13.2 Å². The molecule has 1 aromatic carbocycles. The van der Waals surface area contributed by atoms with E-state index in [1.807, 2.05) is 0 Å². The number of halogens is 3. The van der Waals surface area contributed by atoms with Crippen molar-refractivity contribution in [2.75, 3.05) is 39.8 Å². The molecule has 0 bridgehead atoms. The van der Waals surface area contributed by atoms with Crippen LogP contribution in [0.25, 0.3) is 0 Å². The number of rotatable bonds is 5. The summed E-state index contributed by atoms with van der Waals surface area (Å²) >= 11 is 0. The SMILES string of the molecule is CN(CC(=O)N1CCNCC1)Cc1ccccc1OC(F)(F)F. The summed E-state index contributed by atoms with van der Waals surface area (Å²) in [5, 5.41) is 3.16. The van der Waals surface area contributed by atoms with Gasteiger partial charge < -0.3 is 15.0 Å². The molecule has 0 unspecified atom stereocenters. The highest BCUT2D eigenvalue weighted by molar-refractivity contribution is 5.78. The van der Waals surface area contributed by atoms with Gasteiger partial charge >= 0.3 is 6.36 Å². The molecule has 1 aromatic rings. The van der Waals surface area contributed by atoms with Crippen LogP contribution in [0, 0.1) is 0 Å². The van der Waals surface area contributed by atoms with Crippen LogP contribution in [0.2, 0.25) is 0 Å². The quantitative estimate of drug-likeness (QED) is 0.887. The second kappa shape index (κ2) is 7.65. The van der Waals surface area contributed by atoms with Crippen LogP contribution in [0.5, 0.6) is 5.75 Å². The van der Waals surface area contributed by atoms with Crippen molar-refractivity contribution in [3.8, 4) is 5.75 Å². The molecule has 0 radical (unpaired) electrons. The molecule has 1 aliphatic heterocycles. The van der Waals surface area contributed by atoms with E-state index in [2.05, 4.69) is 10.1 Å². The molecule has 0 atom stereocenters. The monoisotopic (exact) mass is 331 g/mol. The Morgan fingerprint density at radius 1 is 1.30 bits per heavy atom. The molecular weight excluding hydrogens is 311 g/mol. The number of nitrogens with one attached hydrogen (secondary N) is 1. The van der Waals surface area contributed by atoms with Crippen LogP contribution in [0.15, 0.2) is 24.3 Å². The summed E-state index contributed by atoms with van der Waals surface area (Å²) in [5.74, 6) is -0.260. The molecule has 1 amide bonds. The first-order valence-corrected chi connectivity index (χ1v) is 7.36. The van der Waals surface area contributed by atoms with Crippen molar-refractivity contribution in [2.45, 2.75) is 12.9 Å². The van der Waals surface area contributed by atoms with E-state index in [4.69, 9.17) is 0 Å². The zero-order valence-electron chi connectivity index (χ0n) is 12.9. The highest BCUT2D eigenvalue weighted by Crippen LogP contribution is 2.26. The minimum absolute atomic E-state index is 0.0248. The van der Waals surface area contributed by atoms with Crippen LogP contribution >= 0.6 is 0 Å². The van der Waals surface area contributed by atoms with Crippen molar-refractivity contribution in [1.29, 1.82) is 0 Å². The van der Waals surface area contributed by atoms with Gasteiger partial charge in [0.15, 0.2) is 0 Å². The Kier molecular flexibility index (Phi) is 5.84. The van der Waals surface area contributed by atoms with E-state index in [0.717, 1.165) is 13.1 Å². The minimum atomic E-state index is -4.73. The standard InChI is InChI=1S/C15H20F3N3O2/c1-20(11-14(22)21-8-6-19-7-9-21)10-12-4-2-3-5-13(12)23-15(16,17)18/h2-5,19H,6-11H2,1H3. The predicted molar refractivity (Wildman–Crippen MR) is 78.9 cm³/mol. The molecule has 1 N–H and O–H groups in total. The van der Waals surface area contributed by atoms with Gasteiger partial charge in [0.2, 0.25) is 5.91 Å². The average molecular weight is 331 g/mol. The lowest BCUT2D eigenvalue weighted by Crippen LogP contribution is -2.49. The fourth-order valence-corrected chi connectivity index (χ4v) is 2.45. The highest BCUT2D eigenvalue weighted by Gasteiger charge is 2.32. The van der Waals surface area contributed by atoms with Gasteiger partial charge in [-0.25, -0.2) is 0 Å². The maximum Gasteiger partial charge on any atom is 0.573 e. The zero-order valence-corrected chi connectivity index (χ0v) is 12.9. The van der Waals surface area contributed by atoms with Crippen molar-refractivity contribution >= 4 is 5.91 Å². The third kappa shape index (κ3) is 5.72. The lowest BCUT2D eigenvalue weighted by molar-refractivity contribution is -0.275. The smallest absolute Gasteiger partial charge is 0.405 e. The Balaban J connectivity index is 1.94. The first-order chi connectivity index (χ1) is 10.8. The molecule has 8 heteroatoms. The molecule has 5 nitrogen and oxygen atoms in total. The molecule has 0 saturated carbocycles. The first-order valence-electron chi connectivity index (χ1n) is 7.36. The summed E-state index contributed by atoms with van der Waals surface area (Å²) < 4.78 is 41.3. The lowest BCUT2D eigenvalue weighted by atomic mass is 10.2. The van der Waals surface area contributed by atoms with E-state index >= 15 is 0 Å². The molecule has 1 saturated heterocycles. The minimum Gasteiger partial charge on any atom is -0.405 e. The number of amides is 1. The van der Waals surface area contributed by atoms with Gasteiger partial charge in [0, 0.05) is 38.3 Å². The Labute approximate surface area is 133 Å². The predicted octanol–water partition coefficient (Wildman–Crippen LogP) is 1.45. The first kappa shape index (κ1) is 17.6. The van der Waals surface area contributed by atoms with Gasteiger partial charge in [-0.3, -0.25) is 9.69 Å². The summed E-state index contributed by atoms with van der Waals surface area (Å²) in [6.45, 7) is 3.18. The normalized spacial score (nSPS) is 15.8. The number of piperazine rings is 1. The van der Waals surface area contributed by atoms with E-state index in [9.17, 15) is 18.0 Å². The molecule has 1 heterocycles. The molecule has 128 valence electrons. The van der Waals surface area contributed by atoms with Crippen molar-refractivity contribution in [3.63, 3.8) is 0 Å². The Morgan fingerprint density at radius 2 is 1.96 bits per heavy atom. The fourth-order valence-electron chi connectivity index (χ4n) is 2.45. The van der Waals surface area contributed by atoms with E-state index in [1.165, 1.54) is 12.1 Å². The Hall–Kier alpha value is -1.80. The van der Waals surface area contributed by atoms with Gasteiger partial charge in [0.1, 0.15) is 5.75 Å². The van der Waals surface area contributed by atoms with Crippen LogP contribution in [0.1, 0.15) is 5.56 Å². The van der Waals surface area contributed by atoms with Crippen molar-refractivity contribution in [2.24, 2.45) is 0 Å². The number of ether oxygens (including phenoxy) is 1. The number of likely N-dealkylation sites (N-methyl/N-ethyl adjacent to an activating group) is 1. The van der Waals surface area contributed by atoms with E-state index in [-0.39, 0.29) is 24.7 Å². The fraction of sp³-hybridized carbons (Fsp3) is 0.533. The van der Waals surface area contributed by atoms with Crippen molar-refractivity contribution in [3.05, 3.63) is 29.8 Å². The molecule has 0 spiro atoms. The average Bonchev–Trinajstić information content (AvgIpc) is 2.48. The van der Waals surface area contributed by atoms with Crippen molar-refractivity contribution < 1.29 is 22.7 Å². The molecule has 0 aliphatic carbocycles. The van der Waals surface area contributed by atoms with Crippen molar-refractivity contribution in [1.82, 2.24) is 15.1 Å². The summed E-state index contributed by atoms with van der Waals surface area (Å²) in [6.07, 6.45) is -4.73. The van der Waals surface area contributed by atoms with Gasteiger partial charge in [-0.15, -0.1) is 13.2 Å². The van der Waals surface area contributed by atoms with E-state index in [1.54, 1.807) is 29.0 Å². The largest absolute Gasteiger partial charge is 0.573 e. The lowest BCUT2D eigenvalue weighted by Gasteiger charge is -2.29. The summed E-state index contributed by atoms with van der Waals surface area (Å²) in [7, 11) is 1.70. The van der Waals surface area contributed by atoms with Crippen LogP contribution in [-0.4, -0.2) is 61.8 Å². The number of carbonyl (C=O) groups is 1. The molecule has 1 aliphatic rings. The van der Waals surface area contributed by atoms with E-state index in [0.29, 0.717) is 18.7 Å². The second-order valence-electron chi connectivity index (χ2n) is 5.46.